The Morgan fingerprint density at radius 3 is 2.89 bits per heavy atom. The van der Waals surface area contributed by atoms with Gasteiger partial charge in [0.1, 0.15) is 0 Å². The average Bonchev–Trinajstić information content (AvgIpc) is 2.73. The van der Waals surface area contributed by atoms with Gasteiger partial charge in [0, 0.05) is 30.9 Å². The molecule has 0 aliphatic heterocycles. The van der Waals surface area contributed by atoms with Crippen molar-refractivity contribution in [1.82, 2.24) is 15.1 Å². The third kappa shape index (κ3) is 2.82. The highest BCUT2D eigenvalue weighted by atomic mass is 35.5. The fourth-order valence-electron chi connectivity index (χ4n) is 2.64. The molecule has 1 aromatic carbocycles. The van der Waals surface area contributed by atoms with Gasteiger partial charge in [-0.1, -0.05) is 23.7 Å². The second-order valence-electron chi connectivity index (χ2n) is 5.25. The van der Waals surface area contributed by atoms with Crippen molar-refractivity contribution in [3.8, 4) is 0 Å². The monoisotopic (exact) mass is 275 g/mol. The zero-order valence-corrected chi connectivity index (χ0v) is 11.8. The molecule has 0 bridgehead atoms. The van der Waals surface area contributed by atoms with E-state index >= 15 is 0 Å². The first kappa shape index (κ1) is 12.7. The van der Waals surface area contributed by atoms with Crippen LogP contribution in [-0.2, 0) is 13.6 Å². The molecule has 2 aromatic rings. The van der Waals surface area contributed by atoms with E-state index in [0.717, 1.165) is 11.6 Å². The van der Waals surface area contributed by atoms with Crippen molar-refractivity contribution in [2.45, 2.75) is 31.3 Å². The minimum atomic E-state index is 0.610. The number of hydrogen-bond acceptors (Lipinski definition) is 2. The Morgan fingerprint density at radius 2 is 2.21 bits per heavy atom. The van der Waals surface area contributed by atoms with Crippen molar-refractivity contribution in [3.63, 3.8) is 0 Å². The van der Waals surface area contributed by atoms with E-state index in [1.165, 1.54) is 24.1 Å². The maximum Gasteiger partial charge on any atom is 0.0518 e. The van der Waals surface area contributed by atoms with Gasteiger partial charge in [-0.2, -0.15) is 5.10 Å². The van der Waals surface area contributed by atoms with Crippen molar-refractivity contribution in [2.75, 3.05) is 0 Å². The Morgan fingerprint density at radius 1 is 1.37 bits per heavy atom. The topological polar surface area (TPSA) is 29.9 Å². The molecule has 4 heteroatoms. The lowest BCUT2D eigenvalue weighted by Crippen LogP contribution is -2.39. The predicted molar refractivity (Wildman–Crippen MR) is 77.3 cm³/mol. The van der Waals surface area contributed by atoms with Crippen LogP contribution >= 0.6 is 11.6 Å². The van der Waals surface area contributed by atoms with Crippen LogP contribution in [0.2, 0.25) is 5.02 Å². The molecular formula is C15H18ClN3. The quantitative estimate of drug-likeness (QED) is 0.929. The summed E-state index contributed by atoms with van der Waals surface area (Å²) in [5, 5.41) is 8.59. The molecule has 19 heavy (non-hydrogen) atoms. The molecule has 3 rings (SSSR count). The Kier molecular flexibility index (Phi) is 3.58. The summed E-state index contributed by atoms with van der Waals surface area (Å²) in [4.78, 5) is 0. The van der Waals surface area contributed by atoms with E-state index in [0.29, 0.717) is 12.0 Å². The predicted octanol–water partition coefficient (Wildman–Crippen LogP) is 3.11. The van der Waals surface area contributed by atoms with Gasteiger partial charge >= 0.3 is 0 Å². The van der Waals surface area contributed by atoms with Gasteiger partial charge in [-0.05, 0) is 42.5 Å². The number of aryl methyl sites for hydroxylation is 1. The van der Waals surface area contributed by atoms with E-state index in [4.69, 9.17) is 11.6 Å². The standard InChI is InChI=1S/C15H18ClN3/c1-19-15(5-6-18-19)10-17-14-8-12(9-14)11-3-2-4-13(16)7-11/h2-7,12,14,17H,8-10H2,1H3. The second-order valence-corrected chi connectivity index (χ2v) is 5.68. The highest BCUT2D eigenvalue weighted by Gasteiger charge is 2.29. The molecule has 1 aliphatic carbocycles. The van der Waals surface area contributed by atoms with Crippen LogP contribution in [-0.4, -0.2) is 15.8 Å². The molecule has 0 spiro atoms. The van der Waals surface area contributed by atoms with Crippen molar-refractivity contribution in [2.24, 2.45) is 7.05 Å². The Labute approximate surface area is 118 Å². The van der Waals surface area contributed by atoms with Crippen LogP contribution < -0.4 is 5.32 Å². The number of halogens is 1. The minimum absolute atomic E-state index is 0.610. The average molecular weight is 276 g/mol. The largest absolute Gasteiger partial charge is 0.308 e. The van der Waals surface area contributed by atoms with E-state index in [2.05, 4.69) is 28.6 Å². The minimum Gasteiger partial charge on any atom is -0.308 e. The zero-order valence-electron chi connectivity index (χ0n) is 11.0. The summed E-state index contributed by atoms with van der Waals surface area (Å²) in [5.74, 6) is 0.655. The summed E-state index contributed by atoms with van der Waals surface area (Å²) < 4.78 is 1.92. The Balaban J connectivity index is 1.49. The van der Waals surface area contributed by atoms with Crippen molar-refractivity contribution < 1.29 is 0 Å². The lowest BCUT2D eigenvalue weighted by Gasteiger charge is -2.36. The number of rotatable bonds is 4. The van der Waals surface area contributed by atoms with Gasteiger partial charge in [-0.25, -0.2) is 0 Å². The first-order valence-corrected chi connectivity index (χ1v) is 7.06. The molecule has 1 heterocycles. The van der Waals surface area contributed by atoms with E-state index in [9.17, 15) is 0 Å². The van der Waals surface area contributed by atoms with Gasteiger partial charge in [-0.15, -0.1) is 0 Å². The summed E-state index contributed by atoms with van der Waals surface area (Å²) in [6, 6.07) is 10.9. The molecular weight excluding hydrogens is 258 g/mol. The highest BCUT2D eigenvalue weighted by molar-refractivity contribution is 6.30. The van der Waals surface area contributed by atoms with Gasteiger partial charge in [0.2, 0.25) is 0 Å². The van der Waals surface area contributed by atoms with Gasteiger partial charge < -0.3 is 5.32 Å². The lowest BCUT2D eigenvalue weighted by molar-refractivity contribution is 0.287. The smallest absolute Gasteiger partial charge is 0.0518 e. The Bertz CT molecular complexity index is 558. The number of hydrogen-bond donors (Lipinski definition) is 1. The van der Waals surface area contributed by atoms with Crippen LogP contribution in [0.5, 0.6) is 0 Å². The fraction of sp³-hybridized carbons (Fsp3) is 0.400. The first-order valence-electron chi connectivity index (χ1n) is 6.68. The molecule has 1 N–H and O–H groups in total. The lowest BCUT2D eigenvalue weighted by atomic mass is 9.76. The molecule has 0 radical (unpaired) electrons. The summed E-state index contributed by atoms with van der Waals surface area (Å²) in [5.41, 5.74) is 2.59. The molecule has 1 aromatic heterocycles. The van der Waals surface area contributed by atoms with Crippen molar-refractivity contribution in [1.29, 1.82) is 0 Å². The third-order valence-electron chi connectivity index (χ3n) is 3.95. The van der Waals surface area contributed by atoms with Crippen LogP contribution in [0, 0.1) is 0 Å². The van der Waals surface area contributed by atoms with Crippen LogP contribution in [0.3, 0.4) is 0 Å². The number of benzene rings is 1. The van der Waals surface area contributed by atoms with Gasteiger partial charge in [0.15, 0.2) is 0 Å². The molecule has 0 atom stereocenters. The van der Waals surface area contributed by atoms with Crippen LogP contribution in [0.25, 0.3) is 0 Å². The normalized spacial score (nSPS) is 22.2. The van der Waals surface area contributed by atoms with E-state index < -0.39 is 0 Å². The van der Waals surface area contributed by atoms with E-state index in [1.54, 1.807) is 0 Å². The van der Waals surface area contributed by atoms with Gasteiger partial charge in [0.25, 0.3) is 0 Å². The molecule has 3 nitrogen and oxygen atoms in total. The van der Waals surface area contributed by atoms with Crippen LogP contribution in [0.4, 0.5) is 0 Å². The molecule has 1 fully saturated rings. The van der Waals surface area contributed by atoms with Crippen molar-refractivity contribution >= 4 is 11.6 Å². The first-order chi connectivity index (χ1) is 9.22. The highest BCUT2D eigenvalue weighted by Crippen LogP contribution is 2.37. The third-order valence-corrected chi connectivity index (χ3v) is 4.19. The van der Waals surface area contributed by atoms with E-state index in [1.807, 2.05) is 30.1 Å². The van der Waals surface area contributed by atoms with Gasteiger partial charge in [-0.3, -0.25) is 4.68 Å². The summed E-state index contributed by atoms with van der Waals surface area (Å²) in [6.45, 7) is 0.892. The van der Waals surface area contributed by atoms with Crippen LogP contribution in [0.15, 0.2) is 36.5 Å². The number of nitrogens with zero attached hydrogens (tertiary/aromatic N) is 2. The molecule has 1 saturated carbocycles. The Hall–Kier alpha value is -1.32. The molecule has 0 amide bonds. The van der Waals surface area contributed by atoms with Crippen molar-refractivity contribution in [3.05, 3.63) is 52.8 Å². The second kappa shape index (κ2) is 5.35. The van der Waals surface area contributed by atoms with Crippen LogP contribution in [0.1, 0.15) is 30.0 Å². The maximum atomic E-state index is 6.03. The maximum absolute atomic E-state index is 6.03. The summed E-state index contributed by atoms with van der Waals surface area (Å²) in [7, 11) is 1.98. The van der Waals surface area contributed by atoms with Gasteiger partial charge in [0.05, 0.1) is 5.69 Å². The SMILES string of the molecule is Cn1nccc1CNC1CC(c2cccc(Cl)c2)C1. The number of nitrogens with one attached hydrogen (secondary N) is 1. The molecule has 1 aliphatic rings. The molecule has 0 saturated heterocycles. The summed E-state index contributed by atoms with van der Waals surface area (Å²) in [6.07, 6.45) is 4.23. The zero-order chi connectivity index (χ0) is 13.2. The number of aromatic nitrogens is 2. The fourth-order valence-corrected chi connectivity index (χ4v) is 2.84. The summed E-state index contributed by atoms with van der Waals surface area (Å²) >= 11 is 6.03. The molecule has 0 unspecified atom stereocenters. The molecule has 100 valence electrons. The van der Waals surface area contributed by atoms with E-state index in [-0.39, 0.29) is 0 Å².